The predicted molar refractivity (Wildman–Crippen MR) is 72.5 cm³/mol. The summed E-state index contributed by atoms with van der Waals surface area (Å²) in [4.78, 5) is 14.3. The van der Waals surface area contributed by atoms with Gasteiger partial charge in [0.25, 0.3) is 0 Å². The maximum Gasteiger partial charge on any atom is 0.179 e. The summed E-state index contributed by atoms with van der Waals surface area (Å²) < 4.78 is 0. The van der Waals surface area contributed by atoms with Crippen molar-refractivity contribution in [2.75, 3.05) is 7.05 Å². The van der Waals surface area contributed by atoms with Crippen molar-refractivity contribution in [3.05, 3.63) is 35.4 Å². The molecule has 0 spiro atoms. The highest BCUT2D eigenvalue weighted by Crippen LogP contribution is 2.12. The Balaban J connectivity index is 2.81. The number of benzene rings is 1. The van der Waals surface area contributed by atoms with E-state index in [1.54, 1.807) is 0 Å². The Hall–Kier alpha value is -1.15. The highest BCUT2D eigenvalue weighted by Gasteiger charge is 2.21. The number of nitrogens with zero attached hydrogens (tertiary/aromatic N) is 1. The first kappa shape index (κ1) is 13.9. The second-order valence-electron chi connectivity index (χ2n) is 4.85. The molecule has 2 nitrogen and oxygen atoms in total. The molecular formula is C15H23NO. The van der Waals surface area contributed by atoms with Crippen molar-refractivity contribution < 1.29 is 4.79 Å². The van der Waals surface area contributed by atoms with Gasteiger partial charge < -0.3 is 0 Å². The number of hydrogen-bond donors (Lipinski definition) is 0. The van der Waals surface area contributed by atoms with Crippen molar-refractivity contribution in [1.82, 2.24) is 4.90 Å². The topological polar surface area (TPSA) is 20.3 Å². The van der Waals surface area contributed by atoms with Gasteiger partial charge in [-0.05, 0) is 39.8 Å². The molecule has 0 radical (unpaired) electrons. The van der Waals surface area contributed by atoms with Gasteiger partial charge in [-0.2, -0.15) is 0 Å². The highest BCUT2D eigenvalue weighted by atomic mass is 16.1. The third-order valence-electron chi connectivity index (χ3n) is 3.45. The quantitative estimate of drug-likeness (QED) is 0.728. The lowest BCUT2D eigenvalue weighted by molar-refractivity contribution is 0.0836. The first-order chi connectivity index (χ1) is 7.97. The molecule has 2 heteroatoms. The minimum Gasteiger partial charge on any atom is -0.294 e. The van der Waals surface area contributed by atoms with Crippen molar-refractivity contribution in [1.29, 1.82) is 0 Å². The van der Waals surface area contributed by atoms with Crippen LogP contribution >= 0.6 is 0 Å². The number of rotatable bonds is 5. The first-order valence-electron chi connectivity index (χ1n) is 6.32. The van der Waals surface area contributed by atoms with Gasteiger partial charge in [-0.15, -0.1) is 0 Å². The molecule has 1 aromatic rings. The molecule has 17 heavy (non-hydrogen) atoms. The van der Waals surface area contributed by atoms with Crippen molar-refractivity contribution >= 4 is 5.78 Å². The lowest BCUT2D eigenvalue weighted by atomic mass is 10.0. The predicted octanol–water partition coefficient (Wildman–Crippen LogP) is 3.16. The molecule has 0 saturated heterocycles. The number of Topliss-reactive ketones (excluding diaryl/α,β-unsaturated/α-hetero) is 1. The van der Waals surface area contributed by atoms with E-state index >= 15 is 0 Å². The Labute approximate surface area is 105 Å². The van der Waals surface area contributed by atoms with E-state index in [4.69, 9.17) is 0 Å². The summed E-state index contributed by atoms with van der Waals surface area (Å²) in [5.41, 5.74) is 2.08. The molecular weight excluding hydrogens is 210 g/mol. The largest absolute Gasteiger partial charge is 0.294 e. The molecule has 1 rings (SSSR count). The van der Waals surface area contributed by atoms with E-state index in [1.165, 1.54) is 5.56 Å². The third-order valence-corrected chi connectivity index (χ3v) is 3.45. The van der Waals surface area contributed by atoms with Gasteiger partial charge in [0.05, 0.1) is 6.04 Å². The zero-order chi connectivity index (χ0) is 13.0. The van der Waals surface area contributed by atoms with Gasteiger partial charge in [0.2, 0.25) is 0 Å². The van der Waals surface area contributed by atoms with Crippen LogP contribution < -0.4 is 0 Å². The molecule has 0 N–H and O–H groups in total. The van der Waals surface area contributed by atoms with Crippen molar-refractivity contribution in [2.45, 2.75) is 46.2 Å². The molecule has 1 unspecified atom stereocenters. The average molecular weight is 233 g/mol. The average Bonchev–Trinajstić information content (AvgIpc) is 2.36. The molecule has 0 fully saturated rings. The molecule has 0 aromatic heterocycles. The number of carbonyl (C=O) groups excluding carboxylic acids is 1. The van der Waals surface area contributed by atoms with E-state index in [0.29, 0.717) is 6.04 Å². The lowest BCUT2D eigenvalue weighted by Gasteiger charge is -2.27. The molecule has 94 valence electrons. The fourth-order valence-corrected chi connectivity index (χ4v) is 1.78. The van der Waals surface area contributed by atoms with Crippen LogP contribution in [-0.2, 0) is 6.42 Å². The number of carbonyl (C=O) groups is 1. The van der Waals surface area contributed by atoms with Crippen molar-refractivity contribution in [2.24, 2.45) is 0 Å². The fraction of sp³-hybridized carbons (Fsp3) is 0.533. The van der Waals surface area contributed by atoms with Crippen molar-refractivity contribution in [3.8, 4) is 0 Å². The number of likely N-dealkylation sites (N-methyl/N-ethyl adjacent to an activating group) is 1. The second-order valence-corrected chi connectivity index (χ2v) is 4.85. The molecule has 1 atom stereocenters. The van der Waals surface area contributed by atoms with Crippen LogP contribution in [0.5, 0.6) is 0 Å². The van der Waals surface area contributed by atoms with Gasteiger partial charge in [0.15, 0.2) is 5.78 Å². The Kier molecular flexibility index (Phi) is 4.88. The van der Waals surface area contributed by atoms with Crippen LogP contribution in [0.25, 0.3) is 0 Å². The molecule has 0 aliphatic carbocycles. The molecule has 0 aliphatic rings. The van der Waals surface area contributed by atoms with Crippen LogP contribution in [0, 0.1) is 0 Å². The Morgan fingerprint density at radius 1 is 1.18 bits per heavy atom. The Morgan fingerprint density at radius 2 is 1.71 bits per heavy atom. The summed E-state index contributed by atoms with van der Waals surface area (Å²) in [5.74, 6) is 0.198. The molecule has 0 saturated carbocycles. The van der Waals surface area contributed by atoms with Crippen LogP contribution in [0.3, 0.4) is 0 Å². The molecule has 0 aliphatic heterocycles. The molecule has 0 bridgehead atoms. The second kappa shape index (κ2) is 5.97. The van der Waals surface area contributed by atoms with E-state index in [9.17, 15) is 4.79 Å². The molecule has 0 amide bonds. The monoisotopic (exact) mass is 233 g/mol. The van der Waals surface area contributed by atoms with Crippen LogP contribution in [0.4, 0.5) is 0 Å². The van der Waals surface area contributed by atoms with Crippen LogP contribution in [0.1, 0.15) is 43.6 Å². The van der Waals surface area contributed by atoms with Gasteiger partial charge in [0, 0.05) is 11.6 Å². The van der Waals surface area contributed by atoms with Gasteiger partial charge in [0.1, 0.15) is 0 Å². The smallest absolute Gasteiger partial charge is 0.179 e. The first-order valence-corrected chi connectivity index (χ1v) is 6.32. The van der Waals surface area contributed by atoms with E-state index in [2.05, 4.69) is 25.7 Å². The number of hydrogen-bond acceptors (Lipinski definition) is 2. The summed E-state index contributed by atoms with van der Waals surface area (Å²) in [6, 6.07) is 8.26. The third kappa shape index (κ3) is 3.40. The van der Waals surface area contributed by atoms with Gasteiger partial charge >= 0.3 is 0 Å². The molecule has 1 aromatic carbocycles. The summed E-state index contributed by atoms with van der Waals surface area (Å²) in [7, 11) is 1.99. The SMILES string of the molecule is CCc1ccc(C(=O)C(C)N(C)C(C)C)cc1. The van der Waals surface area contributed by atoms with Gasteiger partial charge in [-0.25, -0.2) is 0 Å². The zero-order valence-electron chi connectivity index (χ0n) is 11.5. The minimum atomic E-state index is -0.0672. The van der Waals surface area contributed by atoms with Gasteiger partial charge in [-0.3, -0.25) is 9.69 Å². The number of aryl methyl sites for hydroxylation is 1. The van der Waals surface area contributed by atoms with E-state index in [0.717, 1.165) is 12.0 Å². The van der Waals surface area contributed by atoms with Gasteiger partial charge in [-0.1, -0.05) is 31.2 Å². The maximum atomic E-state index is 12.2. The summed E-state index contributed by atoms with van der Waals surface area (Å²) in [6.45, 7) is 8.29. The highest BCUT2D eigenvalue weighted by molar-refractivity contribution is 5.99. The zero-order valence-corrected chi connectivity index (χ0v) is 11.5. The molecule has 0 heterocycles. The van der Waals surface area contributed by atoms with E-state index in [1.807, 2.05) is 38.2 Å². The number of ketones is 1. The minimum absolute atomic E-state index is 0.0672. The van der Waals surface area contributed by atoms with Crippen molar-refractivity contribution in [3.63, 3.8) is 0 Å². The Morgan fingerprint density at radius 3 is 2.12 bits per heavy atom. The van der Waals surface area contributed by atoms with E-state index < -0.39 is 0 Å². The van der Waals surface area contributed by atoms with Crippen LogP contribution in [0.15, 0.2) is 24.3 Å². The maximum absolute atomic E-state index is 12.2. The Bertz CT molecular complexity index is 367. The summed E-state index contributed by atoms with van der Waals surface area (Å²) in [6.07, 6.45) is 1.01. The standard InChI is InChI=1S/C15H23NO/c1-6-13-7-9-14(10-8-13)15(17)12(4)16(5)11(2)3/h7-12H,6H2,1-5H3. The summed E-state index contributed by atoms with van der Waals surface area (Å²) in [5, 5.41) is 0. The normalized spacial score (nSPS) is 13.1. The summed E-state index contributed by atoms with van der Waals surface area (Å²) >= 11 is 0. The van der Waals surface area contributed by atoms with E-state index in [-0.39, 0.29) is 11.8 Å². The van der Waals surface area contributed by atoms with Crippen LogP contribution in [0.2, 0.25) is 0 Å². The fourth-order valence-electron chi connectivity index (χ4n) is 1.78. The van der Waals surface area contributed by atoms with Crippen LogP contribution in [-0.4, -0.2) is 29.8 Å². The lowest BCUT2D eigenvalue weighted by Crippen LogP contribution is -2.40.